The molecule has 0 saturated carbocycles. The van der Waals surface area contributed by atoms with E-state index in [0.717, 1.165) is 43.9 Å². The van der Waals surface area contributed by atoms with Crippen LogP contribution in [0, 0.1) is 0 Å². The highest BCUT2D eigenvalue weighted by atomic mass is 32.1. The predicted molar refractivity (Wildman–Crippen MR) is 81.8 cm³/mol. The summed E-state index contributed by atoms with van der Waals surface area (Å²) in [5.41, 5.74) is 0.985. The highest BCUT2D eigenvalue weighted by molar-refractivity contribution is 7.03. The Morgan fingerprint density at radius 2 is 2.50 bits per heavy atom. The van der Waals surface area contributed by atoms with E-state index in [9.17, 15) is 0 Å². The quantitative estimate of drug-likeness (QED) is 0.856. The first-order valence-corrected chi connectivity index (χ1v) is 8.34. The van der Waals surface area contributed by atoms with E-state index in [2.05, 4.69) is 19.5 Å². The molecule has 1 spiro atoms. The molecule has 0 amide bonds. The van der Waals surface area contributed by atoms with Gasteiger partial charge in [-0.1, -0.05) is 4.49 Å². The molecule has 0 radical (unpaired) electrons. The van der Waals surface area contributed by atoms with Gasteiger partial charge in [-0.25, -0.2) is 0 Å². The summed E-state index contributed by atoms with van der Waals surface area (Å²) in [6.45, 7) is 3.49. The first kappa shape index (κ1) is 14.0. The molecule has 0 aliphatic carbocycles. The molecular formula is C15H18N4O2S. The summed E-state index contributed by atoms with van der Waals surface area (Å²) in [5.74, 6) is 0.816. The maximum Gasteiger partial charge on any atom is 0.138 e. The van der Waals surface area contributed by atoms with Crippen molar-refractivity contribution in [3.8, 4) is 5.75 Å². The number of hydrogen-bond donors (Lipinski definition) is 0. The Hall–Kier alpha value is -1.57. The zero-order chi connectivity index (χ0) is 14.8. The van der Waals surface area contributed by atoms with Crippen LogP contribution in [0.4, 0.5) is 0 Å². The monoisotopic (exact) mass is 318 g/mol. The van der Waals surface area contributed by atoms with Crippen molar-refractivity contribution >= 4 is 11.5 Å². The molecule has 2 saturated heterocycles. The summed E-state index contributed by atoms with van der Waals surface area (Å²) in [4.78, 5) is 6.48. The van der Waals surface area contributed by atoms with Gasteiger partial charge in [0.2, 0.25) is 0 Å². The van der Waals surface area contributed by atoms with Crippen molar-refractivity contribution < 1.29 is 9.47 Å². The largest absolute Gasteiger partial charge is 0.486 e. The Bertz CT molecular complexity index is 609. The standard InChI is InChI=1S/C15H18N4O2S/c1-2-13(7-16-4-1)21-14-6-15(20-9-14)3-5-19(11-15)8-12-10-22-18-17-12/h1-2,4,7,10,14H,3,5-6,8-9,11H2. The van der Waals surface area contributed by atoms with E-state index >= 15 is 0 Å². The van der Waals surface area contributed by atoms with Crippen LogP contribution in [-0.2, 0) is 11.3 Å². The van der Waals surface area contributed by atoms with Crippen LogP contribution < -0.4 is 4.74 Å². The van der Waals surface area contributed by atoms with Crippen LogP contribution in [0.25, 0.3) is 0 Å². The lowest BCUT2D eigenvalue weighted by molar-refractivity contribution is 0.00926. The van der Waals surface area contributed by atoms with E-state index in [4.69, 9.17) is 9.47 Å². The van der Waals surface area contributed by atoms with Gasteiger partial charge in [0, 0.05) is 37.6 Å². The summed E-state index contributed by atoms with van der Waals surface area (Å²) in [6.07, 6.45) is 5.61. The first-order valence-electron chi connectivity index (χ1n) is 7.50. The lowest BCUT2D eigenvalue weighted by Gasteiger charge is -2.23. The molecule has 2 aliphatic rings. The van der Waals surface area contributed by atoms with Gasteiger partial charge in [-0.2, -0.15) is 0 Å². The number of ether oxygens (including phenoxy) is 2. The van der Waals surface area contributed by atoms with Crippen LogP contribution >= 0.6 is 11.5 Å². The van der Waals surface area contributed by atoms with E-state index in [-0.39, 0.29) is 11.7 Å². The van der Waals surface area contributed by atoms with Crippen molar-refractivity contribution in [2.45, 2.75) is 31.1 Å². The van der Waals surface area contributed by atoms with E-state index < -0.39 is 0 Å². The molecule has 22 heavy (non-hydrogen) atoms. The molecule has 0 N–H and O–H groups in total. The van der Waals surface area contributed by atoms with Gasteiger partial charge in [0.25, 0.3) is 0 Å². The highest BCUT2D eigenvalue weighted by Crippen LogP contribution is 2.36. The van der Waals surface area contributed by atoms with Crippen molar-refractivity contribution in [2.24, 2.45) is 0 Å². The minimum absolute atomic E-state index is 0.0592. The van der Waals surface area contributed by atoms with Gasteiger partial charge in [-0.05, 0) is 30.1 Å². The molecule has 6 nitrogen and oxygen atoms in total. The zero-order valence-corrected chi connectivity index (χ0v) is 13.0. The third-order valence-electron chi connectivity index (χ3n) is 4.30. The summed E-state index contributed by atoms with van der Waals surface area (Å²) >= 11 is 1.40. The molecule has 0 aromatic carbocycles. The molecular weight excluding hydrogens is 300 g/mol. The van der Waals surface area contributed by atoms with Crippen molar-refractivity contribution in [2.75, 3.05) is 19.7 Å². The average molecular weight is 318 g/mol. The van der Waals surface area contributed by atoms with Crippen LogP contribution in [0.3, 0.4) is 0 Å². The first-order chi connectivity index (χ1) is 10.8. The van der Waals surface area contributed by atoms with E-state index in [0.29, 0.717) is 6.61 Å². The molecule has 4 heterocycles. The Morgan fingerprint density at radius 1 is 1.50 bits per heavy atom. The minimum Gasteiger partial charge on any atom is -0.486 e. The van der Waals surface area contributed by atoms with Gasteiger partial charge in [0.15, 0.2) is 0 Å². The third kappa shape index (κ3) is 2.97. The second kappa shape index (κ2) is 5.91. The van der Waals surface area contributed by atoms with Crippen LogP contribution in [0.1, 0.15) is 18.5 Å². The normalized spacial score (nSPS) is 28.5. The molecule has 2 unspecified atom stereocenters. The smallest absolute Gasteiger partial charge is 0.138 e. The minimum atomic E-state index is -0.0592. The molecule has 2 fully saturated rings. The number of hydrogen-bond acceptors (Lipinski definition) is 7. The van der Waals surface area contributed by atoms with E-state index in [1.807, 2.05) is 17.5 Å². The topological polar surface area (TPSA) is 60.4 Å². The summed E-state index contributed by atoms with van der Waals surface area (Å²) in [7, 11) is 0. The highest BCUT2D eigenvalue weighted by Gasteiger charge is 2.46. The second-order valence-corrected chi connectivity index (χ2v) is 6.59. The number of pyridine rings is 1. The Balaban J connectivity index is 1.34. The van der Waals surface area contributed by atoms with Gasteiger partial charge in [-0.15, -0.1) is 5.10 Å². The second-order valence-electron chi connectivity index (χ2n) is 5.98. The maximum absolute atomic E-state index is 6.12. The van der Waals surface area contributed by atoms with Crippen molar-refractivity contribution in [3.05, 3.63) is 35.6 Å². The molecule has 116 valence electrons. The fourth-order valence-corrected chi connectivity index (χ4v) is 3.76. The van der Waals surface area contributed by atoms with Crippen LogP contribution in [0.15, 0.2) is 29.9 Å². The molecule has 2 aliphatic heterocycles. The van der Waals surface area contributed by atoms with E-state index in [1.165, 1.54) is 11.5 Å². The Kier molecular flexibility index (Phi) is 3.77. The van der Waals surface area contributed by atoms with Gasteiger partial charge >= 0.3 is 0 Å². The van der Waals surface area contributed by atoms with E-state index in [1.54, 1.807) is 12.4 Å². The number of aromatic nitrogens is 3. The molecule has 2 aromatic rings. The van der Waals surface area contributed by atoms with Gasteiger partial charge in [-0.3, -0.25) is 9.88 Å². The average Bonchev–Trinajstić information content (AvgIpc) is 3.25. The van der Waals surface area contributed by atoms with Gasteiger partial charge in [0.1, 0.15) is 11.9 Å². The molecule has 7 heteroatoms. The lowest BCUT2D eigenvalue weighted by atomic mass is 9.98. The molecule has 4 rings (SSSR count). The fraction of sp³-hybridized carbons (Fsp3) is 0.533. The number of rotatable bonds is 4. The van der Waals surface area contributed by atoms with Gasteiger partial charge < -0.3 is 9.47 Å². The third-order valence-corrected chi connectivity index (χ3v) is 4.85. The summed E-state index contributed by atoms with van der Waals surface area (Å²) in [5, 5.41) is 6.13. The van der Waals surface area contributed by atoms with Crippen molar-refractivity contribution in [1.82, 2.24) is 19.5 Å². The molecule has 0 bridgehead atoms. The number of likely N-dealkylation sites (tertiary alicyclic amines) is 1. The Morgan fingerprint density at radius 3 is 3.32 bits per heavy atom. The lowest BCUT2D eigenvalue weighted by Crippen LogP contribution is -2.33. The molecule has 2 aromatic heterocycles. The van der Waals surface area contributed by atoms with Crippen molar-refractivity contribution in [3.63, 3.8) is 0 Å². The predicted octanol–water partition coefficient (Wildman–Crippen LogP) is 1.75. The van der Waals surface area contributed by atoms with Crippen LogP contribution in [0.5, 0.6) is 5.75 Å². The molecule has 2 atom stereocenters. The summed E-state index contributed by atoms with van der Waals surface area (Å²) < 4.78 is 16.0. The van der Waals surface area contributed by atoms with Crippen molar-refractivity contribution in [1.29, 1.82) is 0 Å². The number of nitrogens with zero attached hydrogens (tertiary/aromatic N) is 4. The van der Waals surface area contributed by atoms with Crippen LogP contribution in [-0.4, -0.2) is 50.9 Å². The van der Waals surface area contributed by atoms with Crippen LogP contribution in [0.2, 0.25) is 0 Å². The zero-order valence-electron chi connectivity index (χ0n) is 12.2. The van der Waals surface area contributed by atoms with Gasteiger partial charge in [0.05, 0.1) is 24.1 Å². The fourth-order valence-electron chi connectivity index (χ4n) is 3.32. The Labute approximate surface area is 133 Å². The SMILES string of the molecule is c1cncc(OC2COC3(CCN(Cc4csnn4)C3)C2)c1. The maximum atomic E-state index is 6.12. The summed E-state index contributed by atoms with van der Waals surface area (Å²) in [6, 6.07) is 3.83.